The molecule has 0 fully saturated rings. The Morgan fingerprint density at radius 2 is 1.41 bits per heavy atom. The molecule has 0 saturated carbocycles. The van der Waals surface area contributed by atoms with Crippen molar-refractivity contribution >= 4 is 28.1 Å². The van der Waals surface area contributed by atoms with Crippen LogP contribution in [0, 0.1) is 10.1 Å². The maximum absolute atomic E-state index is 11.5. The van der Waals surface area contributed by atoms with Gasteiger partial charge in [0.25, 0.3) is 0 Å². The fourth-order valence-corrected chi connectivity index (χ4v) is 3.69. The van der Waals surface area contributed by atoms with E-state index in [0.29, 0.717) is 23.7 Å². The fraction of sp³-hybridized carbons (Fsp3) is 0.0870. The normalized spacial score (nSPS) is 10.9. The molecule has 0 aliphatic heterocycles. The molecule has 0 aliphatic rings. The molecule has 144 valence electrons. The average molecular weight is 384 g/mol. The molecule has 3 aromatic carbocycles. The summed E-state index contributed by atoms with van der Waals surface area (Å²) >= 11 is 0. The average Bonchev–Trinajstić information content (AvgIpc) is 2.71. The lowest BCUT2D eigenvalue weighted by molar-refractivity contribution is -0.383. The first kappa shape index (κ1) is 18.4. The van der Waals surface area contributed by atoms with Crippen LogP contribution in [0.3, 0.4) is 0 Å². The highest BCUT2D eigenvalue weighted by Crippen LogP contribution is 2.38. The van der Waals surface area contributed by atoms with Gasteiger partial charge in [0.2, 0.25) is 5.82 Å². The van der Waals surface area contributed by atoms with Crippen molar-refractivity contribution in [2.45, 2.75) is 12.8 Å². The van der Waals surface area contributed by atoms with Gasteiger partial charge in [-0.3, -0.25) is 10.1 Å². The molecule has 4 rings (SSSR count). The van der Waals surface area contributed by atoms with Crippen LogP contribution in [-0.2, 0) is 12.8 Å². The smallest absolute Gasteiger partial charge is 0.334 e. The van der Waals surface area contributed by atoms with E-state index in [2.05, 4.69) is 17.1 Å². The number of anilines is 2. The molecule has 0 spiro atoms. The second-order valence-electron chi connectivity index (χ2n) is 6.94. The first-order chi connectivity index (χ1) is 14.0. The number of aromatic nitrogens is 1. The summed E-state index contributed by atoms with van der Waals surface area (Å²) < 4.78 is 0. The highest BCUT2D eigenvalue weighted by molar-refractivity contribution is 6.01. The zero-order chi connectivity index (χ0) is 20.4. The predicted octanol–water partition coefficient (Wildman–Crippen LogP) is 4.49. The van der Waals surface area contributed by atoms with E-state index in [-0.39, 0.29) is 17.2 Å². The SMILES string of the molecule is Nc1nc2ccc(Cc3ccccc3)c(Cc3ccccc3)c2c(N)c1[N+](=O)[O-]. The molecule has 0 saturated heterocycles. The van der Waals surface area contributed by atoms with Gasteiger partial charge in [-0.05, 0) is 41.2 Å². The van der Waals surface area contributed by atoms with E-state index in [0.717, 1.165) is 22.3 Å². The molecule has 0 radical (unpaired) electrons. The van der Waals surface area contributed by atoms with Crippen LogP contribution in [0.4, 0.5) is 17.2 Å². The standard InChI is InChI=1S/C23H20N4O2/c24-21-20-18(14-16-9-5-2-6-10-16)17(13-15-7-3-1-4-8-15)11-12-19(20)26-23(25)22(21)27(28)29/h1-12H,13-14H2,(H4,24,25,26). The monoisotopic (exact) mass is 384 g/mol. The number of nitrogens with zero attached hydrogens (tertiary/aromatic N) is 2. The van der Waals surface area contributed by atoms with Crippen molar-refractivity contribution in [2.24, 2.45) is 0 Å². The van der Waals surface area contributed by atoms with Crippen molar-refractivity contribution in [3.63, 3.8) is 0 Å². The Balaban J connectivity index is 1.96. The molecule has 1 aromatic heterocycles. The Morgan fingerprint density at radius 3 is 2.00 bits per heavy atom. The Morgan fingerprint density at radius 1 is 0.828 bits per heavy atom. The van der Waals surface area contributed by atoms with E-state index in [1.807, 2.05) is 60.7 Å². The number of fused-ring (bicyclic) bond motifs is 1. The predicted molar refractivity (Wildman–Crippen MR) is 116 cm³/mol. The molecule has 0 bridgehead atoms. The largest absolute Gasteiger partial charge is 0.392 e. The Bertz CT molecular complexity index is 1190. The van der Waals surface area contributed by atoms with Crippen molar-refractivity contribution in [3.8, 4) is 0 Å². The third kappa shape index (κ3) is 3.60. The molecule has 6 heteroatoms. The first-order valence-corrected chi connectivity index (χ1v) is 9.26. The van der Waals surface area contributed by atoms with E-state index in [1.165, 1.54) is 0 Å². The van der Waals surface area contributed by atoms with Crippen LogP contribution >= 0.6 is 0 Å². The number of hydrogen-bond donors (Lipinski definition) is 2. The van der Waals surface area contributed by atoms with Gasteiger partial charge in [0, 0.05) is 5.39 Å². The van der Waals surface area contributed by atoms with Crippen LogP contribution in [0.2, 0.25) is 0 Å². The van der Waals surface area contributed by atoms with Crippen molar-refractivity contribution < 1.29 is 4.92 Å². The van der Waals surface area contributed by atoms with Gasteiger partial charge in [-0.1, -0.05) is 66.7 Å². The molecule has 4 aromatic rings. The molecule has 1 heterocycles. The summed E-state index contributed by atoms with van der Waals surface area (Å²) in [4.78, 5) is 15.2. The summed E-state index contributed by atoms with van der Waals surface area (Å²) in [6.07, 6.45) is 1.28. The van der Waals surface area contributed by atoms with Crippen molar-refractivity contribution in [2.75, 3.05) is 11.5 Å². The highest BCUT2D eigenvalue weighted by atomic mass is 16.6. The zero-order valence-electron chi connectivity index (χ0n) is 15.7. The fourth-order valence-electron chi connectivity index (χ4n) is 3.69. The van der Waals surface area contributed by atoms with Gasteiger partial charge in [0.15, 0.2) is 0 Å². The third-order valence-corrected chi connectivity index (χ3v) is 5.04. The molecule has 0 aliphatic carbocycles. The van der Waals surface area contributed by atoms with Gasteiger partial charge in [-0.15, -0.1) is 0 Å². The van der Waals surface area contributed by atoms with Crippen LogP contribution in [0.5, 0.6) is 0 Å². The molecule has 0 unspecified atom stereocenters. The maximum atomic E-state index is 11.5. The van der Waals surface area contributed by atoms with Gasteiger partial charge in [0.1, 0.15) is 5.69 Å². The zero-order valence-corrected chi connectivity index (χ0v) is 15.7. The number of nitrogen functional groups attached to an aromatic ring is 2. The van der Waals surface area contributed by atoms with Gasteiger partial charge in [-0.2, -0.15) is 0 Å². The lowest BCUT2D eigenvalue weighted by Crippen LogP contribution is -2.07. The number of rotatable bonds is 5. The molecule has 0 atom stereocenters. The number of nitrogens with two attached hydrogens (primary N) is 2. The minimum atomic E-state index is -0.562. The molecule has 0 amide bonds. The van der Waals surface area contributed by atoms with Crippen molar-refractivity contribution in [3.05, 3.63) is 105 Å². The van der Waals surface area contributed by atoms with Crippen LogP contribution in [0.15, 0.2) is 72.8 Å². The molecule has 4 N–H and O–H groups in total. The Kier molecular flexibility index (Phi) is 4.83. The van der Waals surface area contributed by atoms with E-state index in [1.54, 1.807) is 0 Å². The van der Waals surface area contributed by atoms with Crippen molar-refractivity contribution in [1.29, 1.82) is 0 Å². The van der Waals surface area contributed by atoms with Gasteiger partial charge in [-0.25, -0.2) is 4.98 Å². The third-order valence-electron chi connectivity index (χ3n) is 5.04. The summed E-state index contributed by atoms with van der Waals surface area (Å²) in [5.74, 6) is -0.165. The number of pyridine rings is 1. The van der Waals surface area contributed by atoms with E-state index in [9.17, 15) is 10.1 Å². The second kappa shape index (κ2) is 7.59. The van der Waals surface area contributed by atoms with Crippen molar-refractivity contribution in [1.82, 2.24) is 4.98 Å². The van der Waals surface area contributed by atoms with Gasteiger partial charge in [0.05, 0.1) is 10.4 Å². The lowest BCUT2D eigenvalue weighted by Gasteiger charge is -2.16. The minimum Gasteiger partial charge on any atom is -0.392 e. The second-order valence-corrected chi connectivity index (χ2v) is 6.94. The van der Waals surface area contributed by atoms with Gasteiger partial charge < -0.3 is 11.5 Å². The molecular formula is C23H20N4O2. The highest BCUT2D eigenvalue weighted by Gasteiger charge is 2.24. The topological polar surface area (TPSA) is 108 Å². The summed E-state index contributed by atoms with van der Waals surface area (Å²) in [5.41, 5.74) is 16.6. The van der Waals surface area contributed by atoms with Crippen LogP contribution in [0.25, 0.3) is 10.9 Å². The Labute approximate surface area is 168 Å². The Hall–Kier alpha value is -3.93. The number of hydrogen-bond acceptors (Lipinski definition) is 5. The summed E-state index contributed by atoms with van der Waals surface area (Å²) in [6.45, 7) is 0. The number of nitro groups is 1. The quantitative estimate of drug-likeness (QED) is 0.389. The summed E-state index contributed by atoms with van der Waals surface area (Å²) in [7, 11) is 0. The number of benzene rings is 3. The first-order valence-electron chi connectivity index (χ1n) is 9.26. The van der Waals surface area contributed by atoms with E-state index in [4.69, 9.17) is 11.5 Å². The molecular weight excluding hydrogens is 364 g/mol. The van der Waals surface area contributed by atoms with Gasteiger partial charge >= 0.3 is 5.69 Å². The van der Waals surface area contributed by atoms with Crippen LogP contribution in [-0.4, -0.2) is 9.91 Å². The summed E-state index contributed by atoms with van der Waals surface area (Å²) in [5, 5.41) is 12.1. The molecule has 29 heavy (non-hydrogen) atoms. The summed E-state index contributed by atoms with van der Waals surface area (Å²) in [6, 6.07) is 23.9. The lowest BCUT2D eigenvalue weighted by atomic mass is 9.91. The van der Waals surface area contributed by atoms with Crippen LogP contribution in [0.1, 0.15) is 22.3 Å². The van der Waals surface area contributed by atoms with E-state index >= 15 is 0 Å². The molecule has 6 nitrogen and oxygen atoms in total. The minimum absolute atomic E-state index is 0.0679. The van der Waals surface area contributed by atoms with Crippen LogP contribution < -0.4 is 11.5 Å². The maximum Gasteiger partial charge on any atom is 0.334 e. The van der Waals surface area contributed by atoms with E-state index < -0.39 is 4.92 Å².